The topological polar surface area (TPSA) is 104 Å². The van der Waals surface area contributed by atoms with Crippen LogP contribution in [-0.4, -0.2) is 67.3 Å². The zero-order valence-electron chi connectivity index (χ0n) is 20.2. The summed E-state index contributed by atoms with van der Waals surface area (Å²) in [6, 6.07) is 7.89. The van der Waals surface area contributed by atoms with Crippen molar-refractivity contribution in [3.8, 4) is 0 Å². The number of rotatable bonds is 5. The monoisotopic (exact) mass is 488 g/mol. The van der Waals surface area contributed by atoms with Gasteiger partial charge in [-0.1, -0.05) is 31.1 Å². The first-order valence-corrected chi connectivity index (χ1v) is 13.2. The van der Waals surface area contributed by atoms with Gasteiger partial charge in [-0.05, 0) is 43.9 Å². The summed E-state index contributed by atoms with van der Waals surface area (Å²) in [5.41, 5.74) is 2.30. The maximum Gasteiger partial charge on any atom is 0.248 e. The van der Waals surface area contributed by atoms with Crippen LogP contribution < -0.4 is 4.90 Å². The van der Waals surface area contributed by atoms with Gasteiger partial charge in [0.1, 0.15) is 10.6 Å². The molecule has 1 aromatic heterocycles. The Balaban J connectivity index is 1.43. The van der Waals surface area contributed by atoms with Crippen molar-refractivity contribution in [3.05, 3.63) is 41.3 Å². The summed E-state index contributed by atoms with van der Waals surface area (Å²) in [7, 11) is -3.76. The summed E-state index contributed by atoms with van der Waals surface area (Å²) in [4.78, 5) is 29.6. The van der Waals surface area contributed by atoms with E-state index in [4.69, 9.17) is 4.52 Å². The molecule has 2 aliphatic rings. The molecule has 2 fully saturated rings. The second kappa shape index (κ2) is 9.50. The predicted molar refractivity (Wildman–Crippen MR) is 127 cm³/mol. The Morgan fingerprint density at radius 1 is 1.15 bits per heavy atom. The van der Waals surface area contributed by atoms with E-state index in [9.17, 15) is 18.0 Å². The van der Waals surface area contributed by atoms with E-state index in [1.165, 1.54) is 4.31 Å². The highest BCUT2D eigenvalue weighted by atomic mass is 32.2. The van der Waals surface area contributed by atoms with Gasteiger partial charge in [-0.25, -0.2) is 8.42 Å². The minimum atomic E-state index is -3.76. The van der Waals surface area contributed by atoms with Crippen molar-refractivity contribution in [3.63, 3.8) is 0 Å². The summed E-state index contributed by atoms with van der Waals surface area (Å²) in [5.74, 6) is 0.0302. The van der Waals surface area contributed by atoms with Crippen LogP contribution in [0.2, 0.25) is 0 Å². The molecule has 3 heterocycles. The van der Waals surface area contributed by atoms with E-state index in [-0.39, 0.29) is 42.0 Å². The summed E-state index contributed by atoms with van der Waals surface area (Å²) in [6.07, 6.45) is 0.692. The van der Waals surface area contributed by atoms with Crippen LogP contribution >= 0.6 is 0 Å². The Hall–Kier alpha value is -2.72. The Bertz CT molecular complexity index is 1170. The lowest BCUT2D eigenvalue weighted by Gasteiger charge is -2.24. The molecule has 1 unspecified atom stereocenters. The molecule has 34 heavy (non-hydrogen) atoms. The van der Waals surface area contributed by atoms with Gasteiger partial charge < -0.3 is 14.3 Å². The zero-order valence-corrected chi connectivity index (χ0v) is 21.0. The van der Waals surface area contributed by atoms with Crippen LogP contribution in [-0.2, 0) is 19.6 Å². The quantitative estimate of drug-likeness (QED) is 0.641. The standard InChI is InChI=1S/C24H32N4O5S/c1-16(2)19-7-5-8-21(13-19)28-15-20(14-22(28)29)24(30)26-9-6-10-27(12-11-26)34(31,32)23-17(3)25-33-18(23)4/h5,7-8,13,16,20H,6,9-12,14-15H2,1-4H3. The number of hydrogen-bond donors (Lipinski definition) is 0. The number of carbonyl (C=O) groups is 2. The fraction of sp³-hybridized carbons (Fsp3) is 0.542. The molecule has 1 atom stereocenters. The van der Waals surface area contributed by atoms with Gasteiger partial charge in [0.15, 0.2) is 5.76 Å². The molecule has 10 heteroatoms. The Kier molecular flexibility index (Phi) is 6.82. The van der Waals surface area contributed by atoms with Crippen LogP contribution in [0.4, 0.5) is 5.69 Å². The first-order valence-electron chi connectivity index (χ1n) is 11.7. The number of carbonyl (C=O) groups excluding carboxylic acids is 2. The molecule has 0 bridgehead atoms. The Labute approximate surface area is 200 Å². The third-order valence-electron chi connectivity index (χ3n) is 6.66. The molecule has 184 valence electrons. The normalized spacial score (nSPS) is 20.3. The average molecular weight is 489 g/mol. The molecule has 2 aliphatic heterocycles. The maximum atomic E-state index is 13.3. The lowest BCUT2D eigenvalue weighted by atomic mass is 10.0. The van der Waals surface area contributed by atoms with E-state index >= 15 is 0 Å². The number of anilines is 1. The van der Waals surface area contributed by atoms with E-state index in [1.807, 2.05) is 24.3 Å². The molecule has 1 aromatic carbocycles. The fourth-order valence-electron chi connectivity index (χ4n) is 4.76. The Morgan fingerprint density at radius 3 is 2.59 bits per heavy atom. The molecule has 0 saturated carbocycles. The summed E-state index contributed by atoms with van der Waals surface area (Å²) in [6.45, 7) is 8.99. The van der Waals surface area contributed by atoms with Gasteiger partial charge in [-0.2, -0.15) is 4.31 Å². The van der Waals surface area contributed by atoms with E-state index < -0.39 is 15.9 Å². The van der Waals surface area contributed by atoms with Crippen LogP contribution in [0.3, 0.4) is 0 Å². The van der Waals surface area contributed by atoms with E-state index in [0.29, 0.717) is 37.7 Å². The van der Waals surface area contributed by atoms with E-state index in [1.54, 1.807) is 23.6 Å². The van der Waals surface area contributed by atoms with Gasteiger partial charge in [-0.15, -0.1) is 0 Å². The highest BCUT2D eigenvalue weighted by Crippen LogP contribution is 2.29. The van der Waals surface area contributed by atoms with Crippen molar-refractivity contribution < 1.29 is 22.5 Å². The van der Waals surface area contributed by atoms with E-state index in [2.05, 4.69) is 19.0 Å². The predicted octanol–water partition coefficient (Wildman–Crippen LogP) is 2.69. The second-order valence-electron chi connectivity index (χ2n) is 9.39. The summed E-state index contributed by atoms with van der Waals surface area (Å²) < 4.78 is 32.8. The van der Waals surface area contributed by atoms with Gasteiger partial charge in [0, 0.05) is 44.8 Å². The van der Waals surface area contributed by atoms with Crippen LogP contribution in [0.5, 0.6) is 0 Å². The van der Waals surface area contributed by atoms with Gasteiger partial charge in [0.25, 0.3) is 0 Å². The number of aryl methyl sites for hydroxylation is 2. The third kappa shape index (κ3) is 4.61. The average Bonchev–Trinajstić information content (AvgIpc) is 3.23. The number of amides is 2. The smallest absolute Gasteiger partial charge is 0.248 e. The molecule has 9 nitrogen and oxygen atoms in total. The fourth-order valence-corrected chi connectivity index (χ4v) is 6.52. The highest BCUT2D eigenvalue weighted by molar-refractivity contribution is 7.89. The van der Waals surface area contributed by atoms with Crippen molar-refractivity contribution in [2.24, 2.45) is 5.92 Å². The van der Waals surface area contributed by atoms with Crippen LogP contribution in [0.15, 0.2) is 33.7 Å². The van der Waals surface area contributed by atoms with E-state index in [0.717, 1.165) is 11.3 Å². The van der Waals surface area contributed by atoms with Crippen molar-refractivity contribution in [1.82, 2.24) is 14.4 Å². The molecular formula is C24H32N4O5S. The van der Waals surface area contributed by atoms with Crippen molar-refractivity contribution in [1.29, 1.82) is 0 Å². The highest BCUT2D eigenvalue weighted by Gasteiger charge is 2.39. The largest absolute Gasteiger partial charge is 0.360 e. The molecule has 0 radical (unpaired) electrons. The molecule has 2 saturated heterocycles. The SMILES string of the molecule is Cc1noc(C)c1S(=O)(=O)N1CCCN(C(=O)C2CC(=O)N(c3cccc(C(C)C)c3)C2)CC1. The Morgan fingerprint density at radius 2 is 1.91 bits per heavy atom. The minimum absolute atomic E-state index is 0.0586. The first kappa shape index (κ1) is 24.4. The number of benzene rings is 1. The van der Waals surface area contributed by atoms with Crippen molar-refractivity contribution in [2.45, 2.75) is 51.3 Å². The van der Waals surface area contributed by atoms with Crippen LogP contribution in [0.25, 0.3) is 0 Å². The lowest BCUT2D eigenvalue weighted by molar-refractivity contribution is -0.135. The van der Waals surface area contributed by atoms with Crippen molar-refractivity contribution >= 4 is 27.5 Å². The van der Waals surface area contributed by atoms with Gasteiger partial charge >= 0.3 is 0 Å². The van der Waals surface area contributed by atoms with Gasteiger partial charge in [0.05, 0.1) is 5.92 Å². The maximum absolute atomic E-state index is 13.3. The molecule has 0 aliphatic carbocycles. The number of nitrogens with zero attached hydrogens (tertiary/aromatic N) is 4. The first-order chi connectivity index (χ1) is 16.1. The number of sulfonamides is 1. The number of hydrogen-bond acceptors (Lipinski definition) is 6. The lowest BCUT2D eigenvalue weighted by Crippen LogP contribution is -2.40. The van der Waals surface area contributed by atoms with Gasteiger partial charge in [0.2, 0.25) is 21.8 Å². The molecule has 0 N–H and O–H groups in total. The minimum Gasteiger partial charge on any atom is -0.360 e. The molecule has 2 amide bonds. The van der Waals surface area contributed by atoms with Crippen LogP contribution in [0.1, 0.15) is 49.6 Å². The molecule has 4 rings (SSSR count). The summed E-state index contributed by atoms with van der Waals surface area (Å²) in [5, 5.41) is 3.77. The van der Waals surface area contributed by atoms with Gasteiger partial charge in [-0.3, -0.25) is 9.59 Å². The molecular weight excluding hydrogens is 456 g/mol. The zero-order chi connectivity index (χ0) is 24.6. The number of aromatic nitrogens is 1. The summed E-state index contributed by atoms with van der Waals surface area (Å²) >= 11 is 0. The van der Waals surface area contributed by atoms with Crippen molar-refractivity contribution in [2.75, 3.05) is 37.6 Å². The third-order valence-corrected chi connectivity index (χ3v) is 8.80. The van der Waals surface area contributed by atoms with Crippen LogP contribution in [0, 0.1) is 19.8 Å². The molecule has 2 aromatic rings. The molecule has 0 spiro atoms. The second-order valence-corrected chi connectivity index (χ2v) is 11.3.